The highest BCUT2D eigenvalue weighted by molar-refractivity contribution is 5.90. The largest absolute Gasteiger partial charge is 0.334 e. The van der Waals surface area contributed by atoms with Gasteiger partial charge in [-0.25, -0.2) is 8.78 Å². The van der Waals surface area contributed by atoms with Crippen LogP contribution in [0, 0.1) is 0 Å². The van der Waals surface area contributed by atoms with Crippen molar-refractivity contribution < 1.29 is 27.2 Å². The topological polar surface area (TPSA) is 40.6 Å². The molecule has 1 atom stereocenters. The quantitative estimate of drug-likeness (QED) is 0.741. The number of piperidine rings is 1. The summed E-state index contributed by atoms with van der Waals surface area (Å²) in [6.45, 7) is -1.14. The first kappa shape index (κ1) is 15.1. The van der Waals surface area contributed by atoms with Gasteiger partial charge in [-0.2, -0.15) is 8.78 Å². The number of alkyl halides is 4. The highest BCUT2D eigenvalue weighted by Gasteiger charge is 2.46. The summed E-state index contributed by atoms with van der Waals surface area (Å²) in [5, 5.41) is 0. The minimum absolute atomic E-state index is 0.0957. The van der Waals surface area contributed by atoms with Crippen LogP contribution in [-0.2, 0) is 9.59 Å². The SMILES string of the molecule is O=C1C2CCCCN2C(=O)CCN1CC(F)(F)C(F)F. The standard InChI is InChI=1S/C12H16F4N2O2/c13-11(14)12(15,16)7-17-6-4-9(19)18-5-2-1-3-8(18)10(17)20/h8,11H,1-7H2. The fraction of sp³-hybridized carbons (Fsp3) is 0.833. The Morgan fingerprint density at radius 3 is 2.55 bits per heavy atom. The zero-order valence-electron chi connectivity index (χ0n) is 10.8. The minimum atomic E-state index is -4.25. The van der Waals surface area contributed by atoms with Crippen LogP contribution in [0.4, 0.5) is 17.6 Å². The van der Waals surface area contributed by atoms with Gasteiger partial charge in [0.25, 0.3) is 0 Å². The van der Waals surface area contributed by atoms with E-state index in [2.05, 4.69) is 0 Å². The van der Waals surface area contributed by atoms with Crippen molar-refractivity contribution in [2.45, 2.75) is 44.1 Å². The summed E-state index contributed by atoms with van der Waals surface area (Å²) in [6.07, 6.45) is -2.03. The number of nitrogens with zero attached hydrogens (tertiary/aromatic N) is 2. The second-order valence-corrected chi connectivity index (χ2v) is 5.17. The first-order chi connectivity index (χ1) is 9.33. The summed E-state index contributed by atoms with van der Waals surface area (Å²) >= 11 is 0. The fourth-order valence-electron chi connectivity index (χ4n) is 2.66. The van der Waals surface area contributed by atoms with Crippen molar-refractivity contribution >= 4 is 11.8 Å². The Balaban J connectivity index is 2.15. The molecule has 2 aliphatic rings. The fourth-order valence-corrected chi connectivity index (χ4v) is 2.66. The monoisotopic (exact) mass is 296 g/mol. The molecule has 0 aromatic carbocycles. The predicted octanol–water partition coefficient (Wildman–Crippen LogP) is 1.50. The number of rotatable bonds is 3. The van der Waals surface area contributed by atoms with Crippen LogP contribution < -0.4 is 0 Å². The normalized spacial score (nSPS) is 24.9. The Kier molecular flexibility index (Phi) is 4.19. The predicted molar refractivity (Wildman–Crippen MR) is 61.5 cm³/mol. The van der Waals surface area contributed by atoms with Crippen LogP contribution in [0.15, 0.2) is 0 Å². The molecule has 2 amide bonds. The molecular formula is C12H16F4N2O2. The highest BCUT2D eigenvalue weighted by Crippen LogP contribution is 2.28. The minimum Gasteiger partial charge on any atom is -0.334 e. The molecule has 8 heteroatoms. The van der Waals surface area contributed by atoms with E-state index in [9.17, 15) is 27.2 Å². The molecule has 0 aromatic heterocycles. The molecule has 2 saturated heterocycles. The molecule has 0 radical (unpaired) electrons. The number of carbonyl (C=O) groups excluding carboxylic acids is 2. The lowest BCUT2D eigenvalue weighted by Crippen LogP contribution is -2.52. The van der Waals surface area contributed by atoms with Gasteiger partial charge in [0.05, 0.1) is 6.54 Å². The first-order valence-corrected chi connectivity index (χ1v) is 6.57. The maximum atomic E-state index is 13.1. The smallest absolute Gasteiger partial charge is 0.324 e. The third-order valence-corrected chi connectivity index (χ3v) is 3.74. The molecule has 2 fully saturated rings. The average molecular weight is 296 g/mol. The van der Waals surface area contributed by atoms with E-state index in [1.807, 2.05) is 0 Å². The number of fused-ring (bicyclic) bond motifs is 1. The van der Waals surface area contributed by atoms with Gasteiger partial charge >= 0.3 is 12.3 Å². The molecule has 1 unspecified atom stereocenters. The molecule has 114 valence electrons. The molecule has 2 rings (SSSR count). The van der Waals surface area contributed by atoms with E-state index in [1.54, 1.807) is 0 Å². The molecule has 4 nitrogen and oxygen atoms in total. The summed E-state index contributed by atoms with van der Waals surface area (Å²) in [5.74, 6) is -5.16. The van der Waals surface area contributed by atoms with Gasteiger partial charge in [-0.3, -0.25) is 9.59 Å². The van der Waals surface area contributed by atoms with Crippen molar-refractivity contribution in [1.29, 1.82) is 0 Å². The van der Waals surface area contributed by atoms with E-state index in [0.29, 0.717) is 17.9 Å². The van der Waals surface area contributed by atoms with Gasteiger partial charge in [0.2, 0.25) is 11.8 Å². The summed E-state index contributed by atoms with van der Waals surface area (Å²) in [4.78, 5) is 26.1. The van der Waals surface area contributed by atoms with Crippen LogP contribution in [0.5, 0.6) is 0 Å². The zero-order valence-corrected chi connectivity index (χ0v) is 10.8. The van der Waals surface area contributed by atoms with E-state index < -0.39 is 30.8 Å². The van der Waals surface area contributed by atoms with Gasteiger partial charge < -0.3 is 9.80 Å². The van der Waals surface area contributed by atoms with Gasteiger partial charge in [0.1, 0.15) is 6.04 Å². The number of hydrogen-bond acceptors (Lipinski definition) is 2. The number of amides is 2. The third kappa shape index (κ3) is 2.88. The molecule has 0 aromatic rings. The molecular weight excluding hydrogens is 280 g/mol. The molecule has 2 aliphatic heterocycles. The Hall–Kier alpha value is -1.34. The van der Waals surface area contributed by atoms with Crippen molar-refractivity contribution in [3.05, 3.63) is 0 Å². The summed E-state index contributed by atoms with van der Waals surface area (Å²) < 4.78 is 50.7. The Bertz CT molecular complexity index is 403. The number of hydrogen-bond donors (Lipinski definition) is 0. The Morgan fingerprint density at radius 2 is 1.90 bits per heavy atom. The van der Waals surface area contributed by atoms with E-state index in [0.717, 1.165) is 12.8 Å². The van der Waals surface area contributed by atoms with Gasteiger partial charge in [-0.05, 0) is 19.3 Å². The van der Waals surface area contributed by atoms with Gasteiger partial charge in [-0.15, -0.1) is 0 Å². The van der Waals surface area contributed by atoms with Crippen LogP contribution in [0.3, 0.4) is 0 Å². The van der Waals surface area contributed by atoms with E-state index >= 15 is 0 Å². The van der Waals surface area contributed by atoms with Crippen LogP contribution in [-0.4, -0.2) is 59.6 Å². The zero-order chi connectivity index (χ0) is 14.9. The molecule has 0 N–H and O–H groups in total. The summed E-state index contributed by atoms with van der Waals surface area (Å²) in [5.41, 5.74) is 0. The van der Waals surface area contributed by atoms with Crippen molar-refractivity contribution in [2.24, 2.45) is 0 Å². The van der Waals surface area contributed by atoms with E-state index in [-0.39, 0.29) is 18.9 Å². The van der Waals surface area contributed by atoms with Crippen molar-refractivity contribution in [2.75, 3.05) is 19.6 Å². The number of halogens is 4. The van der Waals surface area contributed by atoms with Crippen molar-refractivity contribution in [3.8, 4) is 0 Å². The maximum Gasteiger partial charge on any atom is 0.324 e. The first-order valence-electron chi connectivity index (χ1n) is 6.57. The van der Waals surface area contributed by atoms with Crippen LogP contribution in [0.1, 0.15) is 25.7 Å². The lowest BCUT2D eigenvalue weighted by atomic mass is 10.0. The van der Waals surface area contributed by atoms with Gasteiger partial charge in [0.15, 0.2) is 0 Å². The molecule has 20 heavy (non-hydrogen) atoms. The average Bonchev–Trinajstić information content (AvgIpc) is 2.51. The van der Waals surface area contributed by atoms with Crippen LogP contribution in [0.25, 0.3) is 0 Å². The van der Waals surface area contributed by atoms with Crippen LogP contribution >= 0.6 is 0 Å². The second-order valence-electron chi connectivity index (χ2n) is 5.17. The Labute approximate surface area is 113 Å². The molecule has 0 saturated carbocycles. The van der Waals surface area contributed by atoms with Crippen molar-refractivity contribution in [3.63, 3.8) is 0 Å². The van der Waals surface area contributed by atoms with Gasteiger partial charge in [0, 0.05) is 19.5 Å². The molecule has 0 bridgehead atoms. The van der Waals surface area contributed by atoms with Crippen LogP contribution in [0.2, 0.25) is 0 Å². The van der Waals surface area contributed by atoms with Gasteiger partial charge in [-0.1, -0.05) is 0 Å². The maximum absolute atomic E-state index is 13.1. The summed E-state index contributed by atoms with van der Waals surface area (Å²) in [6, 6.07) is -0.771. The Morgan fingerprint density at radius 1 is 1.20 bits per heavy atom. The highest BCUT2D eigenvalue weighted by atomic mass is 19.3. The molecule has 0 spiro atoms. The van der Waals surface area contributed by atoms with E-state index in [1.165, 1.54) is 4.90 Å². The number of carbonyl (C=O) groups is 2. The molecule has 2 heterocycles. The third-order valence-electron chi connectivity index (χ3n) is 3.74. The molecule has 0 aliphatic carbocycles. The van der Waals surface area contributed by atoms with E-state index in [4.69, 9.17) is 0 Å². The lowest BCUT2D eigenvalue weighted by Gasteiger charge is -2.35. The summed E-state index contributed by atoms with van der Waals surface area (Å²) in [7, 11) is 0. The second kappa shape index (κ2) is 5.57. The lowest BCUT2D eigenvalue weighted by molar-refractivity contribution is -0.159. The van der Waals surface area contributed by atoms with Crippen molar-refractivity contribution in [1.82, 2.24) is 9.80 Å².